The molecule has 1 aromatic carbocycles. The van der Waals surface area contributed by atoms with Gasteiger partial charge in [0.15, 0.2) is 17.5 Å². The van der Waals surface area contributed by atoms with Gasteiger partial charge in [0.2, 0.25) is 0 Å². The number of benzene rings is 1. The molecule has 0 amide bonds. The van der Waals surface area contributed by atoms with Crippen molar-refractivity contribution in [3.63, 3.8) is 0 Å². The van der Waals surface area contributed by atoms with E-state index in [2.05, 4.69) is 32.3 Å². The van der Waals surface area contributed by atoms with Gasteiger partial charge in [-0.05, 0) is 25.6 Å². The Morgan fingerprint density at radius 3 is 2.48 bits per heavy atom. The number of hydrogen-bond acceptors (Lipinski definition) is 4. The summed E-state index contributed by atoms with van der Waals surface area (Å²) < 4.78 is 19.2. The summed E-state index contributed by atoms with van der Waals surface area (Å²) in [5.41, 5.74) is 0. The molecule has 8 heteroatoms. The van der Waals surface area contributed by atoms with Crippen LogP contribution in [0.4, 0.5) is 4.39 Å². The molecule has 0 aromatic heterocycles. The quantitative estimate of drug-likeness (QED) is 0.330. The summed E-state index contributed by atoms with van der Waals surface area (Å²) in [6.45, 7) is 12.2. The van der Waals surface area contributed by atoms with Gasteiger partial charge in [0.1, 0.15) is 6.10 Å². The number of piperazine rings is 1. The van der Waals surface area contributed by atoms with Crippen molar-refractivity contribution in [1.29, 1.82) is 0 Å². The molecule has 1 saturated heterocycles. The lowest BCUT2D eigenvalue weighted by atomic mass is 10.3. The Balaban J connectivity index is 0.00000364. The molecule has 1 fully saturated rings. The Kier molecular flexibility index (Phi) is 11.6. The first-order valence-corrected chi connectivity index (χ1v) is 9.42. The van der Waals surface area contributed by atoms with Crippen LogP contribution in [0.1, 0.15) is 13.8 Å². The lowest BCUT2D eigenvalue weighted by Crippen LogP contribution is -2.49. The van der Waals surface area contributed by atoms with E-state index in [0.29, 0.717) is 6.54 Å². The predicted octanol–water partition coefficient (Wildman–Crippen LogP) is 2.01. The Labute approximate surface area is 179 Å². The third-order valence-corrected chi connectivity index (χ3v) is 4.58. The zero-order valence-corrected chi connectivity index (χ0v) is 18.9. The van der Waals surface area contributed by atoms with E-state index in [1.165, 1.54) is 6.07 Å². The minimum Gasteiger partial charge on any atom is -0.486 e. The van der Waals surface area contributed by atoms with Gasteiger partial charge < -0.3 is 20.3 Å². The Morgan fingerprint density at radius 2 is 1.85 bits per heavy atom. The maximum Gasteiger partial charge on any atom is 0.191 e. The molecule has 2 N–H and O–H groups in total. The molecule has 0 spiro atoms. The molecule has 6 nitrogen and oxygen atoms in total. The largest absolute Gasteiger partial charge is 0.486 e. The molecule has 1 aliphatic heterocycles. The fraction of sp³-hybridized carbons (Fsp3) is 0.632. The monoisotopic (exact) mass is 493 g/mol. The summed E-state index contributed by atoms with van der Waals surface area (Å²) in [6, 6.07) is 6.45. The molecule has 0 bridgehead atoms. The first-order chi connectivity index (χ1) is 12.6. The zero-order valence-electron chi connectivity index (χ0n) is 16.6. The number of rotatable bonds is 8. The van der Waals surface area contributed by atoms with E-state index >= 15 is 0 Å². The molecule has 154 valence electrons. The van der Waals surface area contributed by atoms with E-state index in [1.807, 2.05) is 6.92 Å². The molecule has 27 heavy (non-hydrogen) atoms. The summed E-state index contributed by atoms with van der Waals surface area (Å²) in [6.07, 6.45) is -0.174. The summed E-state index contributed by atoms with van der Waals surface area (Å²) in [5, 5.41) is 6.55. The number of para-hydroxylation sites is 1. The highest BCUT2D eigenvalue weighted by Crippen LogP contribution is 2.16. The average molecular weight is 493 g/mol. The molecule has 0 aliphatic carbocycles. The van der Waals surface area contributed by atoms with Crippen LogP contribution in [0.3, 0.4) is 0 Å². The zero-order chi connectivity index (χ0) is 18.8. The van der Waals surface area contributed by atoms with Crippen molar-refractivity contribution in [3.8, 4) is 5.75 Å². The molecular weight excluding hydrogens is 460 g/mol. The van der Waals surface area contributed by atoms with Crippen molar-refractivity contribution in [3.05, 3.63) is 30.1 Å². The van der Waals surface area contributed by atoms with Crippen molar-refractivity contribution in [2.24, 2.45) is 4.99 Å². The van der Waals surface area contributed by atoms with Crippen LogP contribution in [0.5, 0.6) is 5.75 Å². The number of nitrogens with one attached hydrogen (secondary N) is 2. The van der Waals surface area contributed by atoms with Gasteiger partial charge in [-0.15, -0.1) is 24.0 Å². The molecule has 1 atom stereocenters. The number of guanidine groups is 1. The normalized spacial score (nSPS) is 17.1. The lowest BCUT2D eigenvalue weighted by Gasteiger charge is -2.34. The van der Waals surface area contributed by atoms with Crippen molar-refractivity contribution in [2.75, 3.05) is 59.4 Å². The molecule has 1 heterocycles. The van der Waals surface area contributed by atoms with Crippen molar-refractivity contribution < 1.29 is 9.13 Å². The number of ether oxygens (including phenoxy) is 1. The average Bonchev–Trinajstić information content (AvgIpc) is 2.67. The number of hydrogen-bond donors (Lipinski definition) is 2. The molecule has 0 saturated carbocycles. The summed E-state index contributed by atoms with van der Waals surface area (Å²) in [4.78, 5) is 9.17. The Morgan fingerprint density at radius 1 is 1.19 bits per heavy atom. The fourth-order valence-corrected chi connectivity index (χ4v) is 2.92. The van der Waals surface area contributed by atoms with E-state index in [9.17, 15) is 4.39 Å². The third-order valence-electron chi connectivity index (χ3n) is 4.58. The SMILES string of the molecule is CCN1CCN(CCNC(=NC)NCC(C)Oc2ccccc2F)CC1.I. The smallest absolute Gasteiger partial charge is 0.191 e. The molecule has 1 unspecified atom stereocenters. The van der Waals surface area contributed by atoms with Crippen LogP contribution in [0.15, 0.2) is 29.3 Å². The molecular formula is C19H33FIN5O. The topological polar surface area (TPSA) is 52.1 Å². The molecule has 0 radical (unpaired) electrons. The van der Waals surface area contributed by atoms with Gasteiger partial charge in [-0.1, -0.05) is 19.1 Å². The molecule has 1 aliphatic rings. The van der Waals surface area contributed by atoms with E-state index < -0.39 is 0 Å². The van der Waals surface area contributed by atoms with Gasteiger partial charge in [-0.25, -0.2) is 4.39 Å². The van der Waals surface area contributed by atoms with Crippen molar-refractivity contribution in [1.82, 2.24) is 20.4 Å². The standard InChI is InChI=1S/C19H32FN5O.HI/c1-4-24-11-13-25(14-12-24)10-9-22-19(21-3)23-15-16(2)26-18-8-6-5-7-17(18)20;/h5-8,16H,4,9-15H2,1-3H3,(H2,21,22,23);1H. The molecule has 2 rings (SSSR count). The van der Waals surface area contributed by atoms with Gasteiger partial charge >= 0.3 is 0 Å². The summed E-state index contributed by atoms with van der Waals surface area (Å²) in [7, 11) is 1.75. The minimum atomic E-state index is -0.343. The lowest BCUT2D eigenvalue weighted by molar-refractivity contribution is 0.139. The highest BCUT2D eigenvalue weighted by molar-refractivity contribution is 14.0. The first-order valence-electron chi connectivity index (χ1n) is 9.42. The van der Waals surface area contributed by atoms with E-state index in [0.717, 1.165) is 51.8 Å². The second-order valence-electron chi connectivity index (χ2n) is 6.51. The van der Waals surface area contributed by atoms with Crippen LogP contribution in [-0.2, 0) is 0 Å². The van der Waals surface area contributed by atoms with Crippen LogP contribution in [-0.4, -0.2) is 81.3 Å². The van der Waals surface area contributed by atoms with E-state index in [4.69, 9.17) is 4.74 Å². The fourth-order valence-electron chi connectivity index (χ4n) is 2.92. The van der Waals surface area contributed by atoms with Crippen LogP contribution in [0, 0.1) is 5.82 Å². The molecule has 1 aromatic rings. The first kappa shape index (κ1) is 23.9. The summed E-state index contributed by atoms with van der Waals surface area (Å²) >= 11 is 0. The van der Waals surface area contributed by atoms with Gasteiger partial charge in [0, 0.05) is 46.3 Å². The van der Waals surface area contributed by atoms with Gasteiger partial charge in [-0.3, -0.25) is 9.89 Å². The summed E-state index contributed by atoms with van der Waals surface area (Å²) in [5.74, 6) is 0.669. The predicted molar refractivity (Wildman–Crippen MR) is 120 cm³/mol. The van der Waals surface area contributed by atoms with Crippen LogP contribution in [0.25, 0.3) is 0 Å². The van der Waals surface area contributed by atoms with Gasteiger partial charge in [0.25, 0.3) is 0 Å². The maximum atomic E-state index is 13.6. The van der Waals surface area contributed by atoms with Crippen LogP contribution in [0.2, 0.25) is 0 Å². The Hall–Kier alpha value is -1.13. The third kappa shape index (κ3) is 8.61. The number of halogens is 2. The van der Waals surface area contributed by atoms with Crippen molar-refractivity contribution >= 4 is 29.9 Å². The Bertz CT molecular complexity index is 567. The minimum absolute atomic E-state index is 0. The highest BCUT2D eigenvalue weighted by Gasteiger charge is 2.15. The second-order valence-corrected chi connectivity index (χ2v) is 6.51. The van der Waals surface area contributed by atoms with Crippen LogP contribution < -0.4 is 15.4 Å². The van der Waals surface area contributed by atoms with Crippen LogP contribution >= 0.6 is 24.0 Å². The van der Waals surface area contributed by atoms with Gasteiger partial charge in [-0.2, -0.15) is 0 Å². The highest BCUT2D eigenvalue weighted by atomic mass is 127. The maximum absolute atomic E-state index is 13.6. The number of aliphatic imine (C=N–C) groups is 1. The second kappa shape index (κ2) is 13.1. The number of likely N-dealkylation sites (N-methyl/N-ethyl adjacent to an activating group) is 1. The van der Waals surface area contributed by atoms with Crippen molar-refractivity contribution in [2.45, 2.75) is 20.0 Å². The number of nitrogens with zero attached hydrogens (tertiary/aromatic N) is 3. The van der Waals surface area contributed by atoms with E-state index in [-0.39, 0.29) is 41.6 Å². The van der Waals surface area contributed by atoms with E-state index in [1.54, 1.807) is 25.2 Å². The van der Waals surface area contributed by atoms with Gasteiger partial charge in [0.05, 0.1) is 6.54 Å².